The second-order valence-corrected chi connectivity index (χ2v) is 15.8. The lowest BCUT2D eigenvalue weighted by Gasteiger charge is -2.19. The number of esters is 1. The molecule has 0 radical (unpaired) electrons. The van der Waals surface area contributed by atoms with E-state index in [0.717, 1.165) is 6.04 Å². The molecule has 0 unspecified atom stereocenters. The lowest BCUT2D eigenvalue weighted by atomic mass is 10.2. The maximum Gasteiger partial charge on any atom is 0.338 e. The molecule has 0 spiro atoms. The zero-order valence-electron chi connectivity index (χ0n) is 16.8. The number of hydrogen-bond acceptors (Lipinski definition) is 2. The van der Waals surface area contributed by atoms with E-state index in [1.807, 2.05) is 24.3 Å². The Morgan fingerprint density at radius 3 is 1.68 bits per heavy atom. The van der Waals surface area contributed by atoms with Crippen LogP contribution in [0.15, 0.2) is 84.9 Å². The van der Waals surface area contributed by atoms with Crippen molar-refractivity contribution in [3.8, 4) is 0 Å². The van der Waals surface area contributed by atoms with E-state index in [2.05, 4.69) is 80.3 Å². The van der Waals surface area contributed by atoms with Crippen molar-refractivity contribution < 1.29 is 9.53 Å². The van der Waals surface area contributed by atoms with E-state index in [1.165, 1.54) is 15.9 Å². The van der Waals surface area contributed by atoms with Crippen LogP contribution in [0.2, 0.25) is 25.7 Å². The smallest absolute Gasteiger partial charge is 0.338 e. The second kappa shape index (κ2) is 9.32. The molecule has 0 N–H and O–H groups in total. The van der Waals surface area contributed by atoms with Gasteiger partial charge in [-0.15, -0.1) is 0 Å². The van der Waals surface area contributed by atoms with Crippen LogP contribution in [0.4, 0.5) is 0 Å². The summed E-state index contributed by atoms with van der Waals surface area (Å²) in [7, 11) is -1.85. The maximum atomic E-state index is 12.4. The Labute approximate surface area is 170 Å². The predicted octanol–water partition coefficient (Wildman–Crippen LogP) is 4.94. The molecule has 4 heteroatoms. The number of ether oxygens (including phenoxy) is 1. The lowest BCUT2D eigenvalue weighted by molar-refractivity contribution is 0.0525. The fourth-order valence-electron chi connectivity index (χ4n) is 2.88. The minimum Gasteiger partial charge on any atom is -0.462 e. The highest BCUT2D eigenvalue weighted by Gasteiger charge is 2.18. The van der Waals surface area contributed by atoms with Crippen molar-refractivity contribution in [2.45, 2.75) is 25.7 Å². The molecule has 0 aliphatic heterocycles. The fraction of sp³-hybridized carbons (Fsp3) is 0.208. The largest absolute Gasteiger partial charge is 0.462 e. The van der Waals surface area contributed by atoms with E-state index in [4.69, 9.17) is 4.74 Å². The summed E-state index contributed by atoms with van der Waals surface area (Å²) in [6, 6.07) is 30.0. The summed E-state index contributed by atoms with van der Waals surface area (Å²) in [5.41, 5.74) is 0.621. The van der Waals surface area contributed by atoms with Crippen molar-refractivity contribution in [3.05, 3.63) is 90.5 Å². The van der Waals surface area contributed by atoms with Gasteiger partial charge in [0, 0.05) is 8.07 Å². The van der Waals surface area contributed by atoms with Crippen LogP contribution in [0, 0.1) is 0 Å². The Bertz CT molecular complexity index is 848. The molecule has 0 amide bonds. The summed E-state index contributed by atoms with van der Waals surface area (Å²) in [6.45, 7) is 7.36. The molecule has 0 aliphatic carbocycles. The van der Waals surface area contributed by atoms with Gasteiger partial charge in [-0.1, -0.05) is 92.4 Å². The maximum absolute atomic E-state index is 12.4. The third-order valence-electron chi connectivity index (χ3n) is 4.48. The molecule has 0 fully saturated rings. The van der Waals surface area contributed by atoms with Gasteiger partial charge in [0.2, 0.25) is 0 Å². The molecule has 0 heterocycles. The second-order valence-electron chi connectivity index (χ2n) is 8.00. The van der Waals surface area contributed by atoms with Gasteiger partial charge >= 0.3 is 5.97 Å². The standard InChI is InChI=1S/C24H27O2PSi/c1-28(2,3)19-18-26-24(25)20-14-16-23(17-15-20)27(21-10-6-4-7-11-21)22-12-8-5-9-13-22/h4-17H,18-19H2,1-3H3. The van der Waals surface area contributed by atoms with Gasteiger partial charge in [0.25, 0.3) is 0 Å². The zero-order valence-corrected chi connectivity index (χ0v) is 18.7. The zero-order chi connectivity index (χ0) is 20.0. The summed E-state index contributed by atoms with van der Waals surface area (Å²) in [5.74, 6) is -0.228. The van der Waals surface area contributed by atoms with E-state index in [9.17, 15) is 4.79 Å². The Hall–Kier alpha value is -2.22. The van der Waals surface area contributed by atoms with E-state index < -0.39 is 16.0 Å². The Morgan fingerprint density at radius 2 is 1.21 bits per heavy atom. The highest BCUT2D eigenvalue weighted by Crippen LogP contribution is 2.32. The quantitative estimate of drug-likeness (QED) is 0.316. The van der Waals surface area contributed by atoms with Gasteiger partial charge in [-0.25, -0.2) is 4.79 Å². The first kappa shape index (κ1) is 20.5. The van der Waals surface area contributed by atoms with Crippen molar-refractivity contribution in [2.24, 2.45) is 0 Å². The highest BCUT2D eigenvalue weighted by molar-refractivity contribution is 7.79. The van der Waals surface area contributed by atoms with E-state index in [1.54, 1.807) is 0 Å². The van der Waals surface area contributed by atoms with Crippen LogP contribution < -0.4 is 15.9 Å². The van der Waals surface area contributed by atoms with Crippen molar-refractivity contribution >= 4 is 37.9 Å². The Morgan fingerprint density at radius 1 is 0.750 bits per heavy atom. The molecule has 3 rings (SSSR count). The van der Waals surface area contributed by atoms with Crippen molar-refractivity contribution in [2.75, 3.05) is 6.61 Å². The van der Waals surface area contributed by atoms with Crippen LogP contribution in [0.25, 0.3) is 0 Å². The predicted molar refractivity (Wildman–Crippen MR) is 124 cm³/mol. The topological polar surface area (TPSA) is 26.3 Å². The van der Waals surface area contributed by atoms with Crippen LogP contribution in [0.3, 0.4) is 0 Å². The molecule has 0 atom stereocenters. The SMILES string of the molecule is C[Si](C)(C)CCOC(=O)c1ccc(P(c2ccccc2)c2ccccc2)cc1. The fourth-order valence-corrected chi connectivity index (χ4v) is 5.88. The summed E-state index contributed by atoms with van der Waals surface area (Å²) in [4.78, 5) is 12.4. The molecule has 144 valence electrons. The van der Waals surface area contributed by atoms with Gasteiger partial charge in [0.05, 0.1) is 12.2 Å². The van der Waals surface area contributed by atoms with Crippen LogP contribution in [0.1, 0.15) is 10.4 Å². The molecular formula is C24H27O2PSi. The molecule has 2 nitrogen and oxygen atoms in total. The minimum atomic E-state index is -1.20. The Balaban J connectivity index is 1.80. The lowest BCUT2D eigenvalue weighted by Crippen LogP contribution is -2.23. The van der Waals surface area contributed by atoms with Gasteiger partial charge in [-0.3, -0.25) is 0 Å². The van der Waals surface area contributed by atoms with E-state index in [-0.39, 0.29) is 5.97 Å². The summed E-state index contributed by atoms with van der Waals surface area (Å²) in [6.07, 6.45) is 0. The van der Waals surface area contributed by atoms with Gasteiger partial charge in [-0.2, -0.15) is 0 Å². The van der Waals surface area contributed by atoms with Gasteiger partial charge in [-0.05, 0) is 42.0 Å². The number of benzene rings is 3. The van der Waals surface area contributed by atoms with Crippen molar-refractivity contribution in [1.82, 2.24) is 0 Å². The average molecular weight is 407 g/mol. The molecule has 0 saturated carbocycles. The monoisotopic (exact) mass is 406 g/mol. The van der Waals surface area contributed by atoms with E-state index in [0.29, 0.717) is 12.2 Å². The third kappa shape index (κ3) is 5.64. The first-order valence-electron chi connectivity index (χ1n) is 9.61. The third-order valence-corrected chi connectivity index (χ3v) is 8.62. The van der Waals surface area contributed by atoms with Crippen LogP contribution in [-0.4, -0.2) is 20.7 Å². The molecule has 0 aromatic heterocycles. The van der Waals surface area contributed by atoms with Gasteiger partial charge in [0.15, 0.2) is 0 Å². The molecular weight excluding hydrogens is 379 g/mol. The molecule has 28 heavy (non-hydrogen) atoms. The summed E-state index contributed by atoms with van der Waals surface area (Å²) in [5, 5.41) is 3.83. The van der Waals surface area contributed by atoms with Crippen LogP contribution in [-0.2, 0) is 4.74 Å². The number of carbonyl (C=O) groups excluding carboxylic acids is 1. The van der Waals surface area contributed by atoms with Gasteiger partial charge in [0.1, 0.15) is 0 Å². The van der Waals surface area contributed by atoms with Crippen molar-refractivity contribution in [1.29, 1.82) is 0 Å². The van der Waals surface area contributed by atoms with Crippen molar-refractivity contribution in [3.63, 3.8) is 0 Å². The first-order chi connectivity index (χ1) is 13.4. The number of rotatable bonds is 7. The van der Waals surface area contributed by atoms with Crippen LogP contribution >= 0.6 is 7.92 Å². The summed E-state index contributed by atoms with van der Waals surface area (Å²) < 4.78 is 5.47. The highest BCUT2D eigenvalue weighted by atomic mass is 31.1. The normalized spacial score (nSPS) is 11.4. The van der Waals surface area contributed by atoms with Gasteiger partial charge < -0.3 is 4.74 Å². The molecule has 3 aromatic carbocycles. The first-order valence-corrected chi connectivity index (χ1v) is 14.7. The average Bonchev–Trinajstić information content (AvgIpc) is 2.69. The summed E-state index contributed by atoms with van der Waals surface area (Å²) >= 11 is 0. The van der Waals surface area contributed by atoms with Crippen LogP contribution in [0.5, 0.6) is 0 Å². The minimum absolute atomic E-state index is 0.228. The molecule has 3 aromatic rings. The number of carbonyl (C=O) groups is 1. The number of hydrogen-bond donors (Lipinski definition) is 0. The Kier molecular flexibility index (Phi) is 6.82. The molecule has 0 aliphatic rings. The molecule has 0 bridgehead atoms. The van der Waals surface area contributed by atoms with E-state index >= 15 is 0 Å². The molecule has 0 saturated heterocycles.